The summed E-state index contributed by atoms with van der Waals surface area (Å²) in [6, 6.07) is 0. The van der Waals surface area contributed by atoms with Gasteiger partial charge in [-0.2, -0.15) is 0 Å². The van der Waals surface area contributed by atoms with Gasteiger partial charge in [0.2, 0.25) is 0 Å². The molecule has 0 radical (unpaired) electrons. The van der Waals surface area contributed by atoms with E-state index in [1.54, 1.807) is 5.41 Å². The number of rotatable bonds is 3. The summed E-state index contributed by atoms with van der Waals surface area (Å²) in [6.07, 6.45) is 7.49. The average molecular weight is 334 g/mol. The first kappa shape index (κ1) is 18.1. The Bertz CT molecular complexity index is 596. The third-order valence-corrected chi connectivity index (χ3v) is 5.76. The number of hydrogen-bond donors (Lipinski definition) is 0. The quantitative estimate of drug-likeness (QED) is 0.565. The monoisotopic (exact) mass is 334 g/mol. The van der Waals surface area contributed by atoms with Gasteiger partial charge in [0.05, 0.1) is 0 Å². The number of fused-ring (bicyclic) bond motifs is 1. The van der Waals surface area contributed by atoms with Crippen molar-refractivity contribution >= 4 is 23.5 Å². The summed E-state index contributed by atoms with van der Waals surface area (Å²) >= 11 is 1.48. The van der Waals surface area contributed by atoms with E-state index in [4.69, 9.17) is 4.74 Å². The lowest BCUT2D eigenvalue weighted by Crippen LogP contribution is -2.44. The number of ketones is 1. The Morgan fingerprint density at radius 1 is 1.43 bits per heavy atom. The summed E-state index contributed by atoms with van der Waals surface area (Å²) in [7, 11) is 0. The lowest BCUT2D eigenvalue weighted by Gasteiger charge is -2.48. The van der Waals surface area contributed by atoms with Crippen molar-refractivity contribution in [2.45, 2.75) is 53.1 Å². The molecule has 3 nitrogen and oxygen atoms in total. The van der Waals surface area contributed by atoms with Crippen molar-refractivity contribution < 1.29 is 14.3 Å². The molecular formula is C19H26O3S. The molecule has 0 spiro atoms. The second-order valence-corrected chi connectivity index (χ2v) is 7.69. The maximum Gasteiger partial charge on any atom is 0.331 e. The number of allylic oxidation sites excluding steroid dienone is 4. The zero-order chi connectivity index (χ0) is 17.2. The molecule has 0 bridgehead atoms. The smallest absolute Gasteiger partial charge is 0.331 e. The molecule has 0 amide bonds. The normalized spacial score (nSPS) is 30.9. The van der Waals surface area contributed by atoms with Crippen molar-refractivity contribution in [3.63, 3.8) is 0 Å². The Kier molecular flexibility index (Phi) is 5.56. The zero-order valence-electron chi connectivity index (χ0n) is 14.6. The van der Waals surface area contributed by atoms with Crippen LogP contribution in [-0.2, 0) is 14.3 Å². The van der Waals surface area contributed by atoms with E-state index in [2.05, 4.69) is 13.8 Å². The van der Waals surface area contributed by atoms with Crippen molar-refractivity contribution in [1.29, 1.82) is 0 Å². The van der Waals surface area contributed by atoms with Crippen LogP contribution < -0.4 is 0 Å². The number of carbonyl (C=O) groups is 2. The number of ether oxygens (including phenoxy) is 1. The van der Waals surface area contributed by atoms with Crippen LogP contribution in [0.25, 0.3) is 0 Å². The van der Waals surface area contributed by atoms with E-state index in [0.717, 1.165) is 30.4 Å². The molecule has 2 rings (SSSR count). The summed E-state index contributed by atoms with van der Waals surface area (Å²) in [6.45, 7) is 8.33. The molecule has 126 valence electrons. The van der Waals surface area contributed by atoms with Gasteiger partial charge in [-0.3, -0.25) is 4.79 Å². The van der Waals surface area contributed by atoms with E-state index in [-0.39, 0.29) is 29.2 Å². The molecule has 0 N–H and O–H groups in total. The van der Waals surface area contributed by atoms with Crippen molar-refractivity contribution in [3.05, 3.63) is 34.3 Å². The first-order chi connectivity index (χ1) is 10.8. The highest BCUT2D eigenvalue weighted by atomic mass is 32.2. The number of esters is 1. The van der Waals surface area contributed by atoms with E-state index < -0.39 is 0 Å². The topological polar surface area (TPSA) is 43.4 Å². The van der Waals surface area contributed by atoms with Gasteiger partial charge in [0.25, 0.3) is 0 Å². The van der Waals surface area contributed by atoms with Crippen LogP contribution in [0.2, 0.25) is 0 Å². The van der Waals surface area contributed by atoms with Crippen molar-refractivity contribution in [3.8, 4) is 0 Å². The molecule has 23 heavy (non-hydrogen) atoms. The molecule has 2 aliphatic carbocycles. The SMILES string of the molecule is CS/C=C\C(=O)OC1CCC2=CC(=O)C(=C(C)C)CC2(C)C1C. The molecule has 0 aromatic heterocycles. The molecule has 3 unspecified atom stereocenters. The summed E-state index contributed by atoms with van der Waals surface area (Å²) in [5.74, 6) is 0.0705. The number of hydrogen-bond acceptors (Lipinski definition) is 4. The van der Waals surface area contributed by atoms with Gasteiger partial charge in [0.1, 0.15) is 6.10 Å². The molecule has 0 aromatic carbocycles. The van der Waals surface area contributed by atoms with Crippen LogP contribution in [0, 0.1) is 11.3 Å². The standard InChI is InChI=1S/C19H26O3S/c1-12(2)15-11-19(4)13(3)17(22-18(21)8-9-23-5)7-6-14(19)10-16(15)20/h8-10,13,17H,6-7,11H2,1-5H3/b9-8-. The molecular weight excluding hydrogens is 308 g/mol. The van der Waals surface area contributed by atoms with Gasteiger partial charge in [0.15, 0.2) is 5.78 Å². The van der Waals surface area contributed by atoms with E-state index in [0.29, 0.717) is 0 Å². The minimum atomic E-state index is -0.276. The van der Waals surface area contributed by atoms with Gasteiger partial charge in [-0.25, -0.2) is 4.79 Å². The molecule has 0 aromatic rings. The Morgan fingerprint density at radius 3 is 2.74 bits per heavy atom. The maximum absolute atomic E-state index is 12.3. The van der Waals surface area contributed by atoms with Crippen molar-refractivity contribution in [1.82, 2.24) is 0 Å². The van der Waals surface area contributed by atoms with Crippen LogP contribution in [0.5, 0.6) is 0 Å². The summed E-state index contributed by atoms with van der Waals surface area (Å²) < 4.78 is 5.68. The fourth-order valence-electron chi connectivity index (χ4n) is 3.64. The van der Waals surface area contributed by atoms with E-state index in [1.807, 2.05) is 26.2 Å². The van der Waals surface area contributed by atoms with Gasteiger partial charge in [0, 0.05) is 12.0 Å². The Labute approximate surface area is 143 Å². The Hall–Kier alpha value is -1.29. The van der Waals surface area contributed by atoms with Gasteiger partial charge >= 0.3 is 5.97 Å². The molecule has 1 fully saturated rings. The van der Waals surface area contributed by atoms with Gasteiger partial charge in [-0.05, 0) is 61.8 Å². The second-order valence-electron chi connectivity index (χ2n) is 6.95. The molecule has 0 aliphatic heterocycles. The van der Waals surface area contributed by atoms with Gasteiger partial charge < -0.3 is 4.74 Å². The average Bonchev–Trinajstić information content (AvgIpc) is 2.49. The fraction of sp³-hybridized carbons (Fsp3) is 0.579. The molecule has 3 atom stereocenters. The molecule has 0 saturated heterocycles. The van der Waals surface area contributed by atoms with Crippen LogP contribution in [0.15, 0.2) is 34.3 Å². The van der Waals surface area contributed by atoms with Crippen LogP contribution in [0.3, 0.4) is 0 Å². The predicted molar refractivity (Wildman–Crippen MR) is 95.1 cm³/mol. The van der Waals surface area contributed by atoms with Gasteiger partial charge in [-0.1, -0.05) is 25.0 Å². The zero-order valence-corrected chi connectivity index (χ0v) is 15.5. The highest BCUT2D eigenvalue weighted by Crippen LogP contribution is 2.52. The third kappa shape index (κ3) is 3.63. The minimum Gasteiger partial charge on any atom is -0.459 e. The number of thioether (sulfide) groups is 1. The lowest BCUT2D eigenvalue weighted by atomic mass is 9.58. The fourth-order valence-corrected chi connectivity index (χ4v) is 3.89. The highest BCUT2D eigenvalue weighted by molar-refractivity contribution is 8.01. The predicted octanol–water partition coefficient (Wildman–Crippen LogP) is 4.45. The van der Waals surface area contributed by atoms with E-state index in [9.17, 15) is 9.59 Å². The maximum atomic E-state index is 12.3. The van der Waals surface area contributed by atoms with Crippen LogP contribution in [0.4, 0.5) is 0 Å². The first-order valence-corrected chi connectivity index (χ1v) is 9.40. The Balaban J connectivity index is 2.23. The summed E-state index contributed by atoms with van der Waals surface area (Å²) in [5.41, 5.74) is 3.11. The Morgan fingerprint density at radius 2 is 2.13 bits per heavy atom. The van der Waals surface area contributed by atoms with E-state index >= 15 is 0 Å². The minimum absolute atomic E-state index is 0.0947. The molecule has 1 saturated carbocycles. The largest absolute Gasteiger partial charge is 0.459 e. The summed E-state index contributed by atoms with van der Waals surface area (Å²) in [4.78, 5) is 24.2. The lowest BCUT2D eigenvalue weighted by molar-refractivity contribution is -0.149. The molecule has 0 heterocycles. The van der Waals surface area contributed by atoms with Crippen LogP contribution in [0.1, 0.15) is 47.0 Å². The molecule has 2 aliphatic rings. The highest BCUT2D eigenvalue weighted by Gasteiger charge is 2.47. The van der Waals surface area contributed by atoms with Gasteiger partial charge in [-0.15, -0.1) is 11.8 Å². The van der Waals surface area contributed by atoms with Crippen LogP contribution >= 0.6 is 11.8 Å². The van der Waals surface area contributed by atoms with Crippen LogP contribution in [-0.4, -0.2) is 24.1 Å². The second kappa shape index (κ2) is 7.08. The number of carbonyl (C=O) groups excluding carboxylic acids is 2. The summed E-state index contributed by atoms with van der Waals surface area (Å²) in [5, 5.41) is 1.74. The van der Waals surface area contributed by atoms with E-state index in [1.165, 1.54) is 23.4 Å². The third-order valence-electron chi connectivity index (χ3n) is 5.35. The van der Waals surface area contributed by atoms with Crippen molar-refractivity contribution in [2.24, 2.45) is 11.3 Å². The first-order valence-electron chi connectivity index (χ1n) is 8.11. The van der Waals surface area contributed by atoms with Crippen molar-refractivity contribution in [2.75, 3.05) is 6.26 Å². The molecule has 4 heteroatoms.